The fraction of sp³-hybridized carbons (Fsp3) is 0.647. The average Bonchev–Trinajstić information content (AvgIpc) is 3.04. The number of amides is 1. The highest BCUT2D eigenvalue weighted by atomic mass is 16.5. The summed E-state index contributed by atoms with van der Waals surface area (Å²) in [5.41, 5.74) is 3.29. The van der Waals surface area contributed by atoms with Gasteiger partial charge in [-0.3, -0.25) is 9.48 Å². The fourth-order valence-electron chi connectivity index (χ4n) is 3.13. The lowest BCUT2D eigenvalue weighted by atomic mass is 9.96. The lowest BCUT2D eigenvalue weighted by molar-refractivity contribution is -0.150. The van der Waals surface area contributed by atoms with Crippen LogP contribution in [0.25, 0.3) is 0 Å². The monoisotopic (exact) mass is 347 g/mol. The predicted octanol–water partition coefficient (Wildman–Crippen LogP) is 1.33. The maximum atomic E-state index is 12.6. The van der Waals surface area contributed by atoms with Crippen molar-refractivity contribution in [2.24, 2.45) is 13.0 Å². The molecule has 2 aromatic heterocycles. The summed E-state index contributed by atoms with van der Waals surface area (Å²) in [6, 6.07) is 0. The smallest absolute Gasteiger partial charge is 0.242 e. The molecule has 1 saturated heterocycles. The van der Waals surface area contributed by atoms with Crippen molar-refractivity contribution >= 4 is 5.91 Å². The molecule has 0 aromatic carbocycles. The van der Waals surface area contributed by atoms with Gasteiger partial charge in [0.25, 0.3) is 0 Å². The Hall–Kier alpha value is -2.22. The van der Waals surface area contributed by atoms with E-state index < -0.39 is 0 Å². The van der Waals surface area contributed by atoms with Crippen LogP contribution in [0.15, 0.2) is 4.42 Å². The summed E-state index contributed by atoms with van der Waals surface area (Å²) in [7, 11) is 1.93. The SMILES string of the molecule is Cc1nnc(COC2CN(C(=O)C(C)Cc3c(C)nn(C)c3C)C2)o1. The maximum Gasteiger partial charge on any atom is 0.242 e. The normalized spacial score (nSPS) is 16.1. The molecule has 1 fully saturated rings. The van der Waals surface area contributed by atoms with E-state index in [0.717, 1.165) is 11.4 Å². The molecule has 1 amide bonds. The van der Waals surface area contributed by atoms with Gasteiger partial charge in [-0.15, -0.1) is 10.2 Å². The summed E-state index contributed by atoms with van der Waals surface area (Å²) >= 11 is 0. The van der Waals surface area contributed by atoms with Crippen LogP contribution in [-0.2, 0) is 29.6 Å². The molecule has 0 spiro atoms. The van der Waals surface area contributed by atoms with Gasteiger partial charge in [0.2, 0.25) is 17.7 Å². The molecule has 3 heterocycles. The minimum atomic E-state index is -0.0684. The zero-order chi connectivity index (χ0) is 18.1. The van der Waals surface area contributed by atoms with Gasteiger partial charge >= 0.3 is 0 Å². The summed E-state index contributed by atoms with van der Waals surface area (Å²) in [6.07, 6.45) is 0.749. The van der Waals surface area contributed by atoms with E-state index in [9.17, 15) is 4.79 Å². The van der Waals surface area contributed by atoms with E-state index in [2.05, 4.69) is 15.3 Å². The molecule has 1 aliphatic heterocycles. The molecule has 25 heavy (non-hydrogen) atoms. The number of ether oxygens (including phenoxy) is 1. The van der Waals surface area contributed by atoms with Crippen LogP contribution in [0.3, 0.4) is 0 Å². The van der Waals surface area contributed by atoms with Crippen molar-refractivity contribution in [3.05, 3.63) is 28.7 Å². The molecule has 1 aliphatic rings. The lowest BCUT2D eigenvalue weighted by Crippen LogP contribution is -2.56. The number of likely N-dealkylation sites (tertiary alicyclic amines) is 1. The Labute approximate surface area is 147 Å². The van der Waals surface area contributed by atoms with Crippen LogP contribution in [-0.4, -0.2) is 50.0 Å². The highest BCUT2D eigenvalue weighted by molar-refractivity contribution is 5.79. The predicted molar refractivity (Wildman–Crippen MR) is 89.7 cm³/mol. The second kappa shape index (κ2) is 6.95. The van der Waals surface area contributed by atoms with E-state index in [1.165, 1.54) is 5.56 Å². The highest BCUT2D eigenvalue weighted by Crippen LogP contribution is 2.21. The van der Waals surface area contributed by atoms with Crippen LogP contribution in [0.1, 0.15) is 35.7 Å². The number of aryl methyl sites for hydroxylation is 3. The third-order valence-corrected chi connectivity index (χ3v) is 4.76. The van der Waals surface area contributed by atoms with Crippen LogP contribution in [0, 0.1) is 26.7 Å². The third kappa shape index (κ3) is 3.73. The van der Waals surface area contributed by atoms with E-state index in [4.69, 9.17) is 9.15 Å². The van der Waals surface area contributed by atoms with Crippen LogP contribution in [0.5, 0.6) is 0 Å². The molecule has 0 saturated carbocycles. The maximum absolute atomic E-state index is 12.6. The largest absolute Gasteiger partial charge is 0.423 e. The Morgan fingerprint density at radius 1 is 1.32 bits per heavy atom. The number of aromatic nitrogens is 4. The molecule has 0 bridgehead atoms. The Balaban J connectivity index is 1.46. The highest BCUT2D eigenvalue weighted by Gasteiger charge is 2.34. The van der Waals surface area contributed by atoms with Crippen molar-refractivity contribution in [1.29, 1.82) is 0 Å². The third-order valence-electron chi connectivity index (χ3n) is 4.76. The average molecular weight is 347 g/mol. The minimum absolute atomic E-state index is 0.0326. The van der Waals surface area contributed by atoms with Crippen molar-refractivity contribution in [2.75, 3.05) is 13.1 Å². The second-order valence-corrected chi connectivity index (χ2v) is 6.77. The Bertz CT molecular complexity index is 760. The summed E-state index contributed by atoms with van der Waals surface area (Å²) in [6.45, 7) is 9.27. The van der Waals surface area contributed by atoms with Crippen LogP contribution in [0.2, 0.25) is 0 Å². The first kappa shape index (κ1) is 17.6. The molecule has 0 radical (unpaired) electrons. The minimum Gasteiger partial charge on any atom is -0.423 e. The summed E-state index contributed by atoms with van der Waals surface area (Å²) in [4.78, 5) is 14.4. The van der Waals surface area contributed by atoms with Crippen molar-refractivity contribution in [3.8, 4) is 0 Å². The first-order valence-electron chi connectivity index (χ1n) is 8.53. The first-order chi connectivity index (χ1) is 11.8. The molecule has 2 aromatic rings. The molecular formula is C17H25N5O3. The quantitative estimate of drug-likeness (QED) is 0.784. The van der Waals surface area contributed by atoms with Gasteiger partial charge in [0.15, 0.2) is 0 Å². The first-order valence-corrected chi connectivity index (χ1v) is 8.53. The number of hydrogen-bond acceptors (Lipinski definition) is 6. The van der Waals surface area contributed by atoms with E-state index in [1.807, 2.05) is 37.4 Å². The van der Waals surface area contributed by atoms with E-state index in [0.29, 0.717) is 31.3 Å². The van der Waals surface area contributed by atoms with Crippen molar-refractivity contribution in [1.82, 2.24) is 24.9 Å². The Kier molecular flexibility index (Phi) is 4.89. The summed E-state index contributed by atoms with van der Waals surface area (Å²) < 4.78 is 12.8. The molecule has 1 atom stereocenters. The van der Waals surface area contributed by atoms with E-state index in [1.54, 1.807) is 6.92 Å². The van der Waals surface area contributed by atoms with Gasteiger partial charge in [0.1, 0.15) is 6.61 Å². The zero-order valence-electron chi connectivity index (χ0n) is 15.4. The Morgan fingerprint density at radius 2 is 2.04 bits per heavy atom. The van der Waals surface area contributed by atoms with Gasteiger partial charge in [0.05, 0.1) is 11.8 Å². The molecule has 8 heteroatoms. The van der Waals surface area contributed by atoms with Gasteiger partial charge in [-0.25, -0.2) is 0 Å². The molecule has 0 N–H and O–H groups in total. The second-order valence-electron chi connectivity index (χ2n) is 6.77. The van der Waals surface area contributed by atoms with Gasteiger partial charge in [-0.2, -0.15) is 5.10 Å². The number of rotatable bonds is 6. The topological polar surface area (TPSA) is 86.3 Å². The van der Waals surface area contributed by atoms with Gasteiger partial charge in [0, 0.05) is 38.7 Å². The molecule has 136 valence electrons. The van der Waals surface area contributed by atoms with Crippen molar-refractivity contribution in [3.63, 3.8) is 0 Å². The van der Waals surface area contributed by atoms with Gasteiger partial charge < -0.3 is 14.1 Å². The van der Waals surface area contributed by atoms with Crippen LogP contribution < -0.4 is 0 Å². The van der Waals surface area contributed by atoms with Gasteiger partial charge in [-0.05, 0) is 25.8 Å². The number of hydrogen-bond donors (Lipinski definition) is 0. The molecule has 0 aliphatic carbocycles. The Morgan fingerprint density at radius 3 is 2.60 bits per heavy atom. The van der Waals surface area contributed by atoms with E-state index >= 15 is 0 Å². The number of carbonyl (C=O) groups is 1. The summed E-state index contributed by atoms with van der Waals surface area (Å²) in [5, 5.41) is 12.1. The van der Waals surface area contributed by atoms with Crippen molar-refractivity contribution in [2.45, 2.75) is 46.8 Å². The van der Waals surface area contributed by atoms with Crippen LogP contribution >= 0.6 is 0 Å². The summed E-state index contributed by atoms with van der Waals surface area (Å²) in [5.74, 6) is 1.09. The molecule has 8 nitrogen and oxygen atoms in total. The zero-order valence-corrected chi connectivity index (χ0v) is 15.4. The molecular weight excluding hydrogens is 322 g/mol. The van der Waals surface area contributed by atoms with Crippen LogP contribution in [0.4, 0.5) is 0 Å². The fourth-order valence-corrected chi connectivity index (χ4v) is 3.13. The molecule has 3 rings (SSSR count). The number of nitrogens with zero attached hydrogens (tertiary/aromatic N) is 5. The standard InChI is InChI=1S/C17H25N5O3/c1-10(6-15-11(2)20-21(5)12(15)3)17(23)22-7-14(8-22)24-9-16-19-18-13(4)25-16/h10,14H,6-9H2,1-5H3. The lowest BCUT2D eigenvalue weighted by Gasteiger charge is -2.40. The van der Waals surface area contributed by atoms with Crippen molar-refractivity contribution < 1.29 is 13.9 Å². The number of carbonyl (C=O) groups excluding carboxylic acids is 1. The van der Waals surface area contributed by atoms with E-state index in [-0.39, 0.29) is 24.5 Å². The molecule has 1 unspecified atom stereocenters. The van der Waals surface area contributed by atoms with Gasteiger partial charge in [-0.1, -0.05) is 6.92 Å².